The van der Waals surface area contributed by atoms with E-state index in [0.29, 0.717) is 26.3 Å². The lowest BCUT2D eigenvalue weighted by atomic mass is 9.97. The van der Waals surface area contributed by atoms with Gasteiger partial charge in [0.05, 0.1) is 0 Å². The van der Waals surface area contributed by atoms with Crippen LogP contribution in [0.4, 0.5) is 0 Å². The van der Waals surface area contributed by atoms with Crippen LogP contribution in [-0.4, -0.2) is 42.9 Å². The van der Waals surface area contributed by atoms with Gasteiger partial charge >= 0.3 is 11.8 Å². The Hall–Kier alpha value is -1.79. The number of allylic oxidation sites excluding steroid dienone is 1. The first-order valence-electron chi connectivity index (χ1n) is 10.2. The molecule has 1 aliphatic heterocycles. The lowest BCUT2D eigenvalue weighted by Crippen LogP contribution is -2.48. The molecule has 0 spiro atoms. The van der Waals surface area contributed by atoms with Gasteiger partial charge in [-0.25, -0.2) is 0 Å². The van der Waals surface area contributed by atoms with Crippen molar-refractivity contribution in [1.82, 2.24) is 10.6 Å². The molecule has 0 unspecified atom stereocenters. The Morgan fingerprint density at radius 2 is 1.79 bits per heavy atom. The average molecular weight is 403 g/mol. The minimum Gasteiger partial charge on any atom is -0.381 e. The van der Waals surface area contributed by atoms with Crippen molar-refractivity contribution in [3.8, 4) is 0 Å². The molecule has 1 heterocycles. The van der Waals surface area contributed by atoms with Gasteiger partial charge in [0.25, 0.3) is 0 Å². The van der Waals surface area contributed by atoms with Crippen molar-refractivity contribution in [2.45, 2.75) is 54.6 Å². The van der Waals surface area contributed by atoms with Crippen molar-refractivity contribution < 1.29 is 14.3 Å². The number of nitrogens with one attached hydrogen (secondary N) is 2. The Morgan fingerprint density at radius 3 is 2.50 bits per heavy atom. The fraction of sp³-hybridized carbons (Fsp3) is 0.545. The van der Waals surface area contributed by atoms with E-state index in [0.717, 1.165) is 32.1 Å². The van der Waals surface area contributed by atoms with Gasteiger partial charge < -0.3 is 15.4 Å². The Kier molecular flexibility index (Phi) is 7.98. The first kappa shape index (κ1) is 20.9. The second-order valence-electron chi connectivity index (χ2n) is 7.51. The largest absolute Gasteiger partial charge is 0.381 e. The van der Waals surface area contributed by atoms with Gasteiger partial charge in [0, 0.05) is 35.9 Å². The number of carbonyl (C=O) groups is 2. The summed E-state index contributed by atoms with van der Waals surface area (Å²) < 4.78 is 5.38. The summed E-state index contributed by atoms with van der Waals surface area (Å²) >= 11 is 1.77. The Balaban J connectivity index is 1.47. The Labute approximate surface area is 171 Å². The van der Waals surface area contributed by atoms with E-state index in [1.54, 1.807) is 11.8 Å². The second-order valence-corrected chi connectivity index (χ2v) is 9.05. The number of amides is 2. The molecule has 6 heteroatoms. The Morgan fingerprint density at radius 1 is 1.04 bits per heavy atom. The molecule has 3 rings (SSSR count). The van der Waals surface area contributed by atoms with Gasteiger partial charge in [0.1, 0.15) is 0 Å². The number of benzene rings is 1. The van der Waals surface area contributed by atoms with Gasteiger partial charge in [-0.15, -0.1) is 11.8 Å². The van der Waals surface area contributed by atoms with Crippen LogP contribution in [0.5, 0.6) is 0 Å². The molecule has 1 aliphatic carbocycles. The molecular weight excluding hydrogens is 372 g/mol. The Bertz CT molecular complexity index is 684. The lowest BCUT2D eigenvalue weighted by molar-refractivity contribution is -0.139. The summed E-state index contributed by atoms with van der Waals surface area (Å²) in [7, 11) is 0. The van der Waals surface area contributed by atoms with Crippen molar-refractivity contribution in [1.29, 1.82) is 0 Å². The van der Waals surface area contributed by atoms with Crippen molar-refractivity contribution >= 4 is 23.6 Å². The fourth-order valence-electron chi connectivity index (χ4n) is 3.67. The predicted molar refractivity (Wildman–Crippen MR) is 112 cm³/mol. The average Bonchev–Trinajstić information content (AvgIpc) is 2.74. The summed E-state index contributed by atoms with van der Waals surface area (Å²) in [6.07, 6.45) is 9.54. The molecule has 152 valence electrons. The van der Waals surface area contributed by atoms with E-state index < -0.39 is 11.8 Å². The molecule has 0 atom stereocenters. The van der Waals surface area contributed by atoms with Gasteiger partial charge in [-0.05, 0) is 57.1 Å². The minimum atomic E-state index is -0.544. The predicted octanol–water partition coefficient (Wildman–Crippen LogP) is 3.45. The van der Waals surface area contributed by atoms with Crippen molar-refractivity contribution in [3.05, 3.63) is 42.0 Å². The highest BCUT2D eigenvalue weighted by Gasteiger charge is 2.34. The van der Waals surface area contributed by atoms with Crippen LogP contribution in [0.25, 0.3) is 0 Å². The van der Waals surface area contributed by atoms with Crippen LogP contribution in [0.2, 0.25) is 0 Å². The summed E-state index contributed by atoms with van der Waals surface area (Å²) in [6, 6.07) is 10.2. The third-order valence-corrected chi connectivity index (χ3v) is 6.87. The highest BCUT2D eigenvalue weighted by molar-refractivity contribution is 8.00. The van der Waals surface area contributed by atoms with E-state index in [2.05, 4.69) is 28.8 Å². The van der Waals surface area contributed by atoms with E-state index in [4.69, 9.17) is 4.74 Å². The maximum absolute atomic E-state index is 12.3. The highest BCUT2D eigenvalue weighted by Crippen LogP contribution is 2.40. The normalized spacial score (nSPS) is 18.8. The molecule has 0 radical (unpaired) electrons. The van der Waals surface area contributed by atoms with E-state index in [1.807, 2.05) is 18.2 Å². The lowest BCUT2D eigenvalue weighted by Gasteiger charge is -2.36. The van der Waals surface area contributed by atoms with Crippen molar-refractivity contribution in [2.75, 3.05) is 26.3 Å². The molecule has 0 bridgehead atoms. The maximum atomic E-state index is 12.3. The highest BCUT2D eigenvalue weighted by atomic mass is 32.2. The van der Waals surface area contributed by atoms with E-state index >= 15 is 0 Å². The van der Waals surface area contributed by atoms with E-state index in [-0.39, 0.29) is 4.75 Å². The summed E-state index contributed by atoms with van der Waals surface area (Å²) in [5, 5.41) is 5.62. The maximum Gasteiger partial charge on any atom is 0.309 e. The van der Waals surface area contributed by atoms with Gasteiger partial charge in [0.2, 0.25) is 0 Å². The van der Waals surface area contributed by atoms with Gasteiger partial charge in [-0.3, -0.25) is 9.59 Å². The van der Waals surface area contributed by atoms with Crippen LogP contribution in [-0.2, 0) is 14.3 Å². The second kappa shape index (κ2) is 10.7. The monoisotopic (exact) mass is 402 g/mol. The zero-order chi connectivity index (χ0) is 19.7. The molecule has 2 amide bonds. The van der Waals surface area contributed by atoms with Crippen molar-refractivity contribution in [2.24, 2.45) is 0 Å². The number of carbonyl (C=O) groups excluding carboxylic acids is 2. The molecule has 28 heavy (non-hydrogen) atoms. The van der Waals surface area contributed by atoms with Gasteiger partial charge in [-0.2, -0.15) is 0 Å². The number of ether oxygens (including phenoxy) is 1. The zero-order valence-electron chi connectivity index (χ0n) is 16.4. The number of hydrogen-bond donors (Lipinski definition) is 2. The van der Waals surface area contributed by atoms with Crippen LogP contribution >= 0.6 is 11.8 Å². The minimum absolute atomic E-state index is 0.136. The molecular formula is C22H30N2O3S. The molecule has 5 nitrogen and oxygen atoms in total. The van der Waals surface area contributed by atoms with Gasteiger partial charge in [0.15, 0.2) is 0 Å². The molecule has 1 aromatic carbocycles. The molecule has 2 aliphatic rings. The first-order chi connectivity index (χ1) is 13.7. The summed E-state index contributed by atoms with van der Waals surface area (Å²) in [6.45, 7) is 2.34. The number of thioether (sulfide) groups is 1. The molecule has 0 aromatic heterocycles. The smallest absolute Gasteiger partial charge is 0.309 e. The molecule has 2 N–H and O–H groups in total. The molecule has 0 saturated carbocycles. The topological polar surface area (TPSA) is 67.4 Å². The van der Waals surface area contributed by atoms with Crippen LogP contribution in [0.15, 0.2) is 46.9 Å². The third-order valence-electron chi connectivity index (χ3n) is 5.38. The molecule has 1 aromatic rings. The summed E-state index contributed by atoms with van der Waals surface area (Å²) in [5.41, 5.74) is 1.40. The van der Waals surface area contributed by atoms with Gasteiger partial charge in [-0.1, -0.05) is 29.8 Å². The summed E-state index contributed by atoms with van der Waals surface area (Å²) in [5.74, 6) is -1.08. The van der Waals surface area contributed by atoms with Crippen molar-refractivity contribution in [3.63, 3.8) is 0 Å². The number of rotatable bonds is 7. The molecule has 1 saturated heterocycles. The first-order valence-corrected chi connectivity index (χ1v) is 11.0. The standard InChI is InChI=1S/C22H30N2O3S/c25-20(23-14-11-18-7-3-1-4-8-18)21(26)24-17-22(12-15-27-16-13-22)28-19-9-5-2-6-10-19/h2,5-7,9-10H,1,3-4,8,11-17H2,(H,23,25)(H,24,26). The van der Waals surface area contributed by atoms with Crippen LogP contribution in [0.1, 0.15) is 44.9 Å². The zero-order valence-corrected chi connectivity index (χ0v) is 17.2. The van der Waals surface area contributed by atoms with Crippen LogP contribution < -0.4 is 10.6 Å². The molecule has 1 fully saturated rings. The SMILES string of the molecule is O=C(NCCC1=CCCCC1)C(=O)NCC1(Sc2ccccc2)CCOCC1. The quantitative estimate of drug-likeness (QED) is 0.541. The summed E-state index contributed by atoms with van der Waals surface area (Å²) in [4.78, 5) is 25.6. The third kappa shape index (κ3) is 6.38. The number of hydrogen-bond acceptors (Lipinski definition) is 4. The van der Waals surface area contributed by atoms with E-state index in [9.17, 15) is 9.59 Å². The van der Waals surface area contributed by atoms with Crippen LogP contribution in [0, 0.1) is 0 Å². The fourth-order valence-corrected chi connectivity index (χ4v) is 4.98. The van der Waals surface area contributed by atoms with Crippen LogP contribution in [0.3, 0.4) is 0 Å². The van der Waals surface area contributed by atoms with E-state index in [1.165, 1.54) is 23.3 Å².